The van der Waals surface area contributed by atoms with Gasteiger partial charge in [-0.25, -0.2) is 9.79 Å². The number of esters is 1. The van der Waals surface area contributed by atoms with E-state index in [2.05, 4.69) is 26.2 Å². The van der Waals surface area contributed by atoms with Crippen LogP contribution in [0.2, 0.25) is 0 Å². The molecule has 3 heterocycles. The number of anilines is 1. The molecule has 3 aromatic rings. The van der Waals surface area contributed by atoms with E-state index >= 15 is 0 Å². The van der Waals surface area contributed by atoms with Gasteiger partial charge in [-0.15, -0.1) is 0 Å². The molecule has 0 aliphatic carbocycles. The third-order valence-electron chi connectivity index (χ3n) is 6.17. The summed E-state index contributed by atoms with van der Waals surface area (Å²) in [5.41, 5.74) is 2.34. The maximum Gasteiger partial charge on any atom is 0.338 e. The Morgan fingerprint density at radius 2 is 1.89 bits per heavy atom. The molecule has 2 aliphatic heterocycles. The topological polar surface area (TPSA) is 108 Å². The van der Waals surface area contributed by atoms with E-state index in [9.17, 15) is 14.4 Å². The third-order valence-corrected chi connectivity index (χ3v) is 7.72. The number of carbonyl (C=O) groups excluding carboxylic acids is 2. The maximum absolute atomic E-state index is 14.0. The first-order chi connectivity index (χ1) is 17.8. The molecular weight excluding hydrogens is 562 g/mol. The van der Waals surface area contributed by atoms with E-state index in [1.54, 1.807) is 44.2 Å². The molecule has 0 radical (unpaired) electrons. The van der Waals surface area contributed by atoms with Crippen LogP contribution in [0.3, 0.4) is 0 Å². The van der Waals surface area contributed by atoms with Gasteiger partial charge in [0.05, 0.1) is 43.7 Å². The minimum Gasteiger partial charge on any atom is -0.493 e. The van der Waals surface area contributed by atoms with Gasteiger partial charge in [-0.1, -0.05) is 33.3 Å². The van der Waals surface area contributed by atoms with E-state index < -0.39 is 17.6 Å². The molecule has 0 spiro atoms. The van der Waals surface area contributed by atoms with Gasteiger partial charge in [-0.2, -0.15) is 0 Å². The van der Waals surface area contributed by atoms with Crippen molar-refractivity contribution in [2.24, 2.45) is 4.99 Å². The summed E-state index contributed by atoms with van der Waals surface area (Å²) in [5, 5.41) is 2.82. The highest BCUT2D eigenvalue weighted by molar-refractivity contribution is 9.10. The van der Waals surface area contributed by atoms with Crippen molar-refractivity contribution in [3.05, 3.63) is 83.0 Å². The van der Waals surface area contributed by atoms with Gasteiger partial charge in [0.2, 0.25) is 0 Å². The molecule has 5 rings (SSSR count). The number of methoxy groups -OCH3 is 2. The molecule has 0 saturated heterocycles. The smallest absolute Gasteiger partial charge is 0.338 e. The molecule has 1 N–H and O–H groups in total. The normalized spacial score (nSPS) is 17.5. The molecule has 1 aromatic heterocycles. The van der Waals surface area contributed by atoms with Crippen LogP contribution < -0.4 is 29.7 Å². The highest BCUT2D eigenvalue weighted by Crippen LogP contribution is 2.36. The summed E-state index contributed by atoms with van der Waals surface area (Å²) in [6.45, 7) is 3.58. The van der Waals surface area contributed by atoms with Gasteiger partial charge in [-0.05, 0) is 49.7 Å². The molecule has 0 fully saturated rings. The summed E-state index contributed by atoms with van der Waals surface area (Å²) < 4.78 is 18.6. The van der Waals surface area contributed by atoms with Crippen molar-refractivity contribution >= 4 is 50.4 Å². The number of nitrogens with one attached hydrogen (secondary N) is 1. The summed E-state index contributed by atoms with van der Waals surface area (Å²) in [6, 6.07) is 9.73. The van der Waals surface area contributed by atoms with Gasteiger partial charge in [0.15, 0.2) is 16.3 Å². The number of carbonyl (C=O) groups is 2. The zero-order chi connectivity index (χ0) is 26.4. The summed E-state index contributed by atoms with van der Waals surface area (Å²) in [7, 11) is 3.04. The first kappa shape index (κ1) is 25.0. The van der Waals surface area contributed by atoms with E-state index in [1.807, 2.05) is 6.07 Å². The number of hydrogen-bond donors (Lipinski definition) is 1. The highest BCUT2D eigenvalue weighted by Gasteiger charge is 2.35. The average Bonchev–Trinajstić information content (AvgIpc) is 3.37. The summed E-state index contributed by atoms with van der Waals surface area (Å²) in [5.74, 6) is -0.00226. The molecule has 1 amide bonds. The number of thiazole rings is 1. The molecule has 2 aromatic carbocycles. The molecule has 11 heteroatoms. The lowest BCUT2D eigenvalue weighted by Gasteiger charge is -2.25. The quantitative estimate of drug-likeness (QED) is 0.463. The number of rotatable bonds is 5. The zero-order valence-electron chi connectivity index (χ0n) is 20.4. The monoisotopic (exact) mass is 583 g/mol. The van der Waals surface area contributed by atoms with E-state index in [0.717, 1.165) is 15.8 Å². The van der Waals surface area contributed by atoms with E-state index in [1.165, 1.54) is 18.8 Å². The summed E-state index contributed by atoms with van der Waals surface area (Å²) in [6.07, 6.45) is 0. The van der Waals surface area contributed by atoms with Crippen molar-refractivity contribution < 1.29 is 23.8 Å². The van der Waals surface area contributed by atoms with Crippen LogP contribution >= 0.6 is 27.3 Å². The largest absolute Gasteiger partial charge is 0.493 e. The van der Waals surface area contributed by atoms with Crippen molar-refractivity contribution in [2.45, 2.75) is 19.9 Å². The lowest BCUT2D eigenvalue weighted by molar-refractivity contribution is -0.139. The number of ether oxygens (including phenoxy) is 3. The Morgan fingerprint density at radius 1 is 1.14 bits per heavy atom. The number of hydrogen-bond acceptors (Lipinski definition) is 8. The lowest BCUT2D eigenvalue weighted by atomic mass is 9.95. The molecular formula is C26H22BrN3O6S. The van der Waals surface area contributed by atoms with Gasteiger partial charge >= 0.3 is 5.97 Å². The second-order valence-corrected chi connectivity index (χ2v) is 10.1. The van der Waals surface area contributed by atoms with Gasteiger partial charge in [-0.3, -0.25) is 14.2 Å². The van der Waals surface area contributed by atoms with Crippen LogP contribution in [-0.4, -0.2) is 37.3 Å². The second-order valence-electron chi connectivity index (χ2n) is 8.26. The number of fused-ring (bicyclic) bond motifs is 2. The zero-order valence-corrected chi connectivity index (χ0v) is 22.8. The second kappa shape index (κ2) is 9.64. The van der Waals surface area contributed by atoms with Crippen LogP contribution in [0.25, 0.3) is 5.57 Å². The predicted octanol–water partition coefficient (Wildman–Crippen LogP) is 2.90. The number of amides is 1. The molecule has 1 atom stereocenters. The summed E-state index contributed by atoms with van der Waals surface area (Å²) >= 11 is 4.55. The van der Waals surface area contributed by atoms with Gasteiger partial charge in [0.1, 0.15) is 4.53 Å². The fraction of sp³-hybridized carbons (Fsp3) is 0.231. The Balaban J connectivity index is 1.82. The molecule has 37 heavy (non-hydrogen) atoms. The van der Waals surface area contributed by atoms with Crippen molar-refractivity contribution in [3.8, 4) is 11.5 Å². The lowest BCUT2D eigenvalue weighted by Crippen LogP contribution is -2.40. The highest BCUT2D eigenvalue weighted by atomic mass is 79.9. The van der Waals surface area contributed by atoms with Crippen LogP contribution in [0.5, 0.6) is 11.5 Å². The van der Waals surface area contributed by atoms with Crippen molar-refractivity contribution in [3.63, 3.8) is 0 Å². The maximum atomic E-state index is 14.0. The Hall–Kier alpha value is -3.70. The van der Waals surface area contributed by atoms with Crippen LogP contribution in [0, 0.1) is 0 Å². The van der Waals surface area contributed by atoms with Crippen LogP contribution in [-0.2, 0) is 14.3 Å². The molecule has 2 aliphatic rings. The average molecular weight is 584 g/mol. The number of allylic oxidation sites excluding steroid dienone is 1. The Morgan fingerprint density at radius 3 is 2.59 bits per heavy atom. The first-order valence-electron chi connectivity index (χ1n) is 11.3. The Bertz CT molecular complexity index is 1690. The van der Waals surface area contributed by atoms with E-state index in [-0.39, 0.29) is 28.2 Å². The molecule has 0 unspecified atom stereocenters. The SMILES string of the molecule is CCOC(=O)C1=C(C)N=c2s/c(=C3\C(=O)Nc4ccc(Br)cc43)c(=O)n2[C@@H]1c1ccc(OC)c(OC)c1. The van der Waals surface area contributed by atoms with Crippen LogP contribution in [0.1, 0.15) is 31.0 Å². The minimum absolute atomic E-state index is 0.161. The molecule has 0 bridgehead atoms. The first-order valence-corrected chi connectivity index (χ1v) is 12.9. The number of halogens is 1. The Labute approximate surface area is 223 Å². The predicted molar refractivity (Wildman–Crippen MR) is 142 cm³/mol. The molecule has 190 valence electrons. The minimum atomic E-state index is -0.851. The van der Waals surface area contributed by atoms with E-state index in [4.69, 9.17) is 14.2 Å². The van der Waals surface area contributed by atoms with Crippen LogP contribution in [0.15, 0.2) is 61.9 Å². The molecule has 0 saturated carbocycles. The Kier molecular flexibility index (Phi) is 6.50. The van der Waals surface area contributed by atoms with Crippen molar-refractivity contribution in [1.29, 1.82) is 0 Å². The molecule has 9 nitrogen and oxygen atoms in total. The number of aromatic nitrogens is 1. The van der Waals surface area contributed by atoms with Crippen LogP contribution in [0.4, 0.5) is 5.69 Å². The number of benzene rings is 2. The number of nitrogens with zero attached hydrogens (tertiary/aromatic N) is 2. The van der Waals surface area contributed by atoms with Crippen molar-refractivity contribution in [1.82, 2.24) is 4.57 Å². The fourth-order valence-corrected chi connectivity index (χ4v) is 6.05. The third kappa shape index (κ3) is 4.08. The van der Waals surface area contributed by atoms with Gasteiger partial charge in [0, 0.05) is 15.7 Å². The van der Waals surface area contributed by atoms with E-state index in [0.29, 0.717) is 38.8 Å². The van der Waals surface area contributed by atoms with Gasteiger partial charge < -0.3 is 19.5 Å². The van der Waals surface area contributed by atoms with Gasteiger partial charge in [0.25, 0.3) is 11.5 Å². The fourth-order valence-electron chi connectivity index (χ4n) is 4.55. The standard InChI is InChI=1S/C26H22BrN3O6S/c1-5-36-25(33)19-12(2)28-26-30(21(19)13-6-9-17(34-3)18(10-13)35-4)24(32)22(37-26)20-15-11-14(27)7-8-16(15)29-23(20)31/h6-11,21H,5H2,1-4H3,(H,29,31)/b22-20-/t21-/m1/s1. The summed E-state index contributed by atoms with van der Waals surface area (Å²) in [4.78, 5) is 45.1. The van der Waals surface area contributed by atoms with Crippen molar-refractivity contribution in [2.75, 3.05) is 26.1 Å².